The molecule has 92 valence electrons. The molecule has 0 aliphatic heterocycles. The molecule has 0 saturated carbocycles. The topological polar surface area (TPSA) is 97.1 Å². The highest BCUT2D eigenvalue weighted by molar-refractivity contribution is 6.03. The highest BCUT2D eigenvalue weighted by atomic mass is 16.4. The minimum absolute atomic E-state index is 0.247. The lowest BCUT2D eigenvalue weighted by Gasteiger charge is -2.00. The average molecular weight is 246 g/mol. The lowest BCUT2D eigenvalue weighted by atomic mass is 10.3. The van der Waals surface area contributed by atoms with Crippen molar-refractivity contribution in [2.24, 2.45) is 0 Å². The van der Waals surface area contributed by atoms with Gasteiger partial charge in [-0.1, -0.05) is 0 Å². The number of aromatic nitrogens is 3. The molecule has 0 unspecified atom stereocenters. The van der Waals surface area contributed by atoms with E-state index in [9.17, 15) is 9.59 Å². The summed E-state index contributed by atoms with van der Waals surface area (Å²) >= 11 is 0. The first-order valence-corrected chi connectivity index (χ1v) is 5.11. The molecule has 0 aliphatic carbocycles. The Bertz CT molecular complexity index is 565. The van der Waals surface area contributed by atoms with E-state index in [2.05, 4.69) is 15.4 Å². The second kappa shape index (κ2) is 5.09. The van der Waals surface area contributed by atoms with Crippen LogP contribution in [0.2, 0.25) is 0 Å². The van der Waals surface area contributed by atoms with Crippen LogP contribution in [-0.2, 0) is 11.3 Å². The molecule has 0 fully saturated rings. The number of rotatable bonds is 4. The first kappa shape index (κ1) is 11.8. The summed E-state index contributed by atoms with van der Waals surface area (Å²) in [6.45, 7) is -0.247. The molecule has 2 heterocycles. The van der Waals surface area contributed by atoms with Crippen molar-refractivity contribution < 1.29 is 14.7 Å². The van der Waals surface area contributed by atoms with Crippen molar-refractivity contribution >= 4 is 17.6 Å². The minimum atomic E-state index is -0.997. The van der Waals surface area contributed by atoms with E-state index in [-0.39, 0.29) is 12.5 Å². The van der Waals surface area contributed by atoms with Gasteiger partial charge in [0, 0.05) is 18.6 Å². The van der Waals surface area contributed by atoms with Crippen molar-refractivity contribution in [2.75, 3.05) is 5.32 Å². The van der Waals surface area contributed by atoms with Gasteiger partial charge < -0.3 is 10.4 Å². The molecule has 18 heavy (non-hydrogen) atoms. The second-order valence-corrected chi connectivity index (χ2v) is 3.52. The molecule has 0 atom stereocenters. The minimum Gasteiger partial charge on any atom is -0.480 e. The number of hydrogen-bond donors (Lipinski definition) is 2. The van der Waals surface area contributed by atoms with Crippen LogP contribution in [0.5, 0.6) is 0 Å². The molecule has 0 bridgehead atoms. The molecule has 0 radical (unpaired) electrons. The largest absolute Gasteiger partial charge is 0.480 e. The Balaban J connectivity index is 2.04. The predicted molar refractivity (Wildman–Crippen MR) is 62.1 cm³/mol. The summed E-state index contributed by atoms with van der Waals surface area (Å²) in [4.78, 5) is 26.0. The maximum Gasteiger partial charge on any atom is 0.325 e. The average Bonchev–Trinajstić information content (AvgIpc) is 2.76. The van der Waals surface area contributed by atoms with Crippen molar-refractivity contribution in [2.45, 2.75) is 6.54 Å². The Hall–Kier alpha value is -2.70. The van der Waals surface area contributed by atoms with Crippen molar-refractivity contribution in [3.8, 4) is 0 Å². The SMILES string of the molecule is O=C(O)Cn1cc(NC(=O)c2cccnc2)cn1. The number of carboxylic acid groups (broad SMARTS) is 1. The smallest absolute Gasteiger partial charge is 0.325 e. The van der Waals surface area contributed by atoms with Gasteiger partial charge in [-0.2, -0.15) is 5.10 Å². The normalized spacial score (nSPS) is 10.0. The number of pyridine rings is 1. The summed E-state index contributed by atoms with van der Waals surface area (Å²) in [5.74, 6) is -1.32. The van der Waals surface area contributed by atoms with E-state index in [0.717, 1.165) is 0 Å². The molecule has 2 aromatic heterocycles. The summed E-state index contributed by atoms with van der Waals surface area (Å²) in [6, 6.07) is 3.28. The zero-order valence-electron chi connectivity index (χ0n) is 9.28. The third-order valence-electron chi connectivity index (χ3n) is 2.11. The van der Waals surface area contributed by atoms with E-state index in [1.807, 2.05) is 0 Å². The summed E-state index contributed by atoms with van der Waals surface area (Å²) in [5, 5.41) is 15.0. The maximum atomic E-state index is 11.7. The highest BCUT2D eigenvalue weighted by Gasteiger charge is 2.08. The Morgan fingerprint density at radius 3 is 2.89 bits per heavy atom. The number of nitrogens with one attached hydrogen (secondary N) is 1. The Morgan fingerprint density at radius 1 is 1.39 bits per heavy atom. The van der Waals surface area contributed by atoms with Crippen molar-refractivity contribution in [3.05, 3.63) is 42.5 Å². The van der Waals surface area contributed by atoms with Crippen molar-refractivity contribution in [1.82, 2.24) is 14.8 Å². The molecular formula is C11H10N4O3. The molecule has 2 rings (SSSR count). The van der Waals surface area contributed by atoms with Gasteiger partial charge >= 0.3 is 5.97 Å². The lowest BCUT2D eigenvalue weighted by Crippen LogP contribution is -2.12. The highest BCUT2D eigenvalue weighted by Crippen LogP contribution is 2.07. The quantitative estimate of drug-likeness (QED) is 0.824. The van der Waals surface area contributed by atoms with E-state index in [1.165, 1.54) is 23.3 Å². The second-order valence-electron chi connectivity index (χ2n) is 3.52. The number of carbonyl (C=O) groups is 2. The standard InChI is InChI=1S/C11H10N4O3/c16-10(17)7-15-6-9(5-13-15)14-11(18)8-2-1-3-12-4-8/h1-6H,7H2,(H,14,18)(H,16,17). The fourth-order valence-electron chi connectivity index (χ4n) is 1.35. The zero-order chi connectivity index (χ0) is 13.0. The number of carboxylic acids is 1. The van der Waals surface area contributed by atoms with Gasteiger partial charge in [-0.15, -0.1) is 0 Å². The van der Waals surface area contributed by atoms with Crippen LogP contribution in [0, 0.1) is 0 Å². The van der Waals surface area contributed by atoms with Crippen LogP contribution in [-0.4, -0.2) is 31.7 Å². The van der Waals surface area contributed by atoms with Crippen LogP contribution in [0.1, 0.15) is 10.4 Å². The van der Waals surface area contributed by atoms with Crippen LogP contribution < -0.4 is 5.32 Å². The molecule has 1 amide bonds. The lowest BCUT2D eigenvalue weighted by molar-refractivity contribution is -0.137. The molecule has 2 aromatic rings. The van der Waals surface area contributed by atoms with Crippen LogP contribution in [0.15, 0.2) is 36.9 Å². The summed E-state index contributed by atoms with van der Waals surface area (Å²) in [6.07, 6.45) is 5.85. The van der Waals surface area contributed by atoms with E-state index in [1.54, 1.807) is 18.3 Å². The van der Waals surface area contributed by atoms with Crippen molar-refractivity contribution in [1.29, 1.82) is 0 Å². The third kappa shape index (κ3) is 2.91. The van der Waals surface area contributed by atoms with Gasteiger partial charge in [0.05, 0.1) is 17.4 Å². The number of aliphatic carboxylic acids is 1. The molecular weight excluding hydrogens is 236 g/mol. The van der Waals surface area contributed by atoms with Gasteiger partial charge in [0.25, 0.3) is 5.91 Å². The third-order valence-corrected chi connectivity index (χ3v) is 2.11. The Labute approximate surface area is 102 Å². The fraction of sp³-hybridized carbons (Fsp3) is 0.0909. The summed E-state index contributed by atoms with van der Waals surface area (Å²) in [7, 11) is 0. The van der Waals surface area contributed by atoms with Gasteiger partial charge in [-0.25, -0.2) is 0 Å². The summed E-state index contributed by atoms with van der Waals surface area (Å²) < 4.78 is 1.22. The monoisotopic (exact) mass is 246 g/mol. The summed E-state index contributed by atoms with van der Waals surface area (Å²) in [5.41, 5.74) is 0.855. The van der Waals surface area contributed by atoms with Gasteiger partial charge in [0.2, 0.25) is 0 Å². The molecule has 0 saturated heterocycles. The Morgan fingerprint density at radius 2 is 2.22 bits per heavy atom. The van der Waals surface area contributed by atoms with Gasteiger partial charge in [0.1, 0.15) is 6.54 Å². The number of anilines is 1. The zero-order valence-corrected chi connectivity index (χ0v) is 9.28. The molecule has 0 spiro atoms. The van der Waals surface area contributed by atoms with E-state index < -0.39 is 5.97 Å². The maximum absolute atomic E-state index is 11.7. The van der Waals surface area contributed by atoms with Gasteiger partial charge in [0.15, 0.2) is 0 Å². The van der Waals surface area contributed by atoms with Gasteiger partial charge in [-0.3, -0.25) is 19.3 Å². The first-order valence-electron chi connectivity index (χ1n) is 5.11. The number of carbonyl (C=O) groups excluding carboxylic acids is 1. The fourth-order valence-corrected chi connectivity index (χ4v) is 1.35. The number of amides is 1. The predicted octanol–water partition coefficient (Wildman–Crippen LogP) is 0.615. The molecule has 0 aliphatic rings. The van der Waals surface area contributed by atoms with E-state index >= 15 is 0 Å². The van der Waals surface area contributed by atoms with E-state index in [0.29, 0.717) is 11.3 Å². The molecule has 2 N–H and O–H groups in total. The Kier molecular flexibility index (Phi) is 3.33. The van der Waals surface area contributed by atoms with Crippen LogP contribution in [0.4, 0.5) is 5.69 Å². The van der Waals surface area contributed by atoms with Crippen LogP contribution >= 0.6 is 0 Å². The molecule has 7 nitrogen and oxygen atoms in total. The molecule has 0 aromatic carbocycles. The number of hydrogen-bond acceptors (Lipinski definition) is 4. The first-order chi connectivity index (χ1) is 8.65. The molecule has 7 heteroatoms. The van der Waals surface area contributed by atoms with E-state index in [4.69, 9.17) is 5.11 Å². The van der Waals surface area contributed by atoms with Crippen LogP contribution in [0.3, 0.4) is 0 Å². The van der Waals surface area contributed by atoms with Crippen LogP contribution in [0.25, 0.3) is 0 Å². The van der Waals surface area contributed by atoms with Gasteiger partial charge in [-0.05, 0) is 12.1 Å². The van der Waals surface area contributed by atoms with Crippen molar-refractivity contribution in [3.63, 3.8) is 0 Å². The number of nitrogens with zero attached hydrogens (tertiary/aromatic N) is 3.